The second-order valence-electron chi connectivity index (χ2n) is 3.56. The van der Waals surface area contributed by atoms with Crippen LogP contribution < -0.4 is 4.74 Å². The fourth-order valence-electron chi connectivity index (χ4n) is 1.69. The molecule has 74 valence electrons. The molecule has 14 heavy (non-hydrogen) atoms. The Morgan fingerprint density at radius 3 is 2.50 bits per heavy atom. The van der Waals surface area contributed by atoms with E-state index in [4.69, 9.17) is 9.84 Å². The predicted molar refractivity (Wildman–Crippen MR) is 51.5 cm³/mol. The zero-order valence-corrected chi connectivity index (χ0v) is 7.93. The summed E-state index contributed by atoms with van der Waals surface area (Å²) in [4.78, 5) is 10.6. The molecule has 0 bridgehead atoms. The minimum absolute atomic E-state index is 0.177. The Kier molecular flexibility index (Phi) is 2.15. The Labute approximate surface area is 82.3 Å². The third-order valence-electron chi connectivity index (χ3n) is 2.65. The molecular formula is C11H12O3. The number of carboxylic acid groups (broad SMARTS) is 1. The summed E-state index contributed by atoms with van der Waals surface area (Å²) in [6.07, 6.45) is 0.766. The third-order valence-corrected chi connectivity index (χ3v) is 2.65. The van der Waals surface area contributed by atoms with Crippen LogP contribution in [0.5, 0.6) is 5.75 Å². The van der Waals surface area contributed by atoms with Gasteiger partial charge in [0.2, 0.25) is 0 Å². The first-order valence-electron chi connectivity index (χ1n) is 4.59. The van der Waals surface area contributed by atoms with Crippen molar-refractivity contribution < 1.29 is 14.6 Å². The number of aliphatic carboxylic acids is 1. The lowest BCUT2D eigenvalue weighted by Crippen LogP contribution is -1.98. The molecule has 0 saturated heterocycles. The van der Waals surface area contributed by atoms with Crippen LogP contribution in [0.4, 0.5) is 0 Å². The number of carboxylic acids is 1. The summed E-state index contributed by atoms with van der Waals surface area (Å²) in [5, 5.41) is 8.76. The Morgan fingerprint density at radius 1 is 1.43 bits per heavy atom. The molecule has 0 radical (unpaired) electrons. The maximum absolute atomic E-state index is 10.6. The van der Waals surface area contributed by atoms with Crippen molar-refractivity contribution in [2.75, 3.05) is 7.11 Å². The fourth-order valence-corrected chi connectivity index (χ4v) is 1.69. The van der Waals surface area contributed by atoms with Gasteiger partial charge < -0.3 is 9.84 Å². The number of ether oxygens (including phenoxy) is 1. The van der Waals surface area contributed by atoms with Gasteiger partial charge in [-0.05, 0) is 30.0 Å². The van der Waals surface area contributed by atoms with Crippen molar-refractivity contribution in [1.82, 2.24) is 0 Å². The zero-order chi connectivity index (χ0) is 10.1. The van der Waals surface area contributed by atoms with Crippen molar-refractivity contribution >= 4 is 5.97 Å². The third kappa shape index (κ3) is 1.58. The highest BCUT2D eigenvalue weighted by Crippen LogP contribution is 2.47. The van der Waals surface area contributed by atoms with Crippen LogP contribution in [0.15, 0.2) is 24.3 Å². The van der Waals surface area contributed by atoms with Crippen LogP contribution in [0.2, 0.25) is 0 Å². The predicted octanol–water partition coefficient (Wildman–Crippen LogP) is 1.88. The van der Waals surface area contributed by atoms with Crippen molar-refractivity contribution in [2.45, 2.75) is 12.3 Å². The molecule has 1 aromatic rings. The van der Waals surface area contributed by atoms with Gasteiger partial charge in [-0.2, -0.15) is 0 Å². The smallest absolute Gasteiger partial charge is 0.307 e. The molecule has 2 rings (SSSR count). The van der Waals surface area contributed by atoms with Crippen LogP contribution in [0.25, 0.3) is 0 Å². The van der Waals surface area contributed by atoms with Crippen molar-refractivity contribution in [3.8, 4) is 5.75 Å². The average molecular weight is 192 g/mol. The topological polar surface area (TPSA) is 46.5 Å². The van der Waals surface area contributed by atoms with Crippen LogP contribution in [-0.2, 0) is 4.79 Å². The molecule has 0 heterocycles. The molecule has 1 saturated carbocycles. The number of benzene rings is 1. The van der Waals surface area contributed by atoms with Gasteiger partial charge >= 0.3 is 5.97 Å². The summed E-state index contributed by atoms with van der Waals surface area (Å²) in [7, 11) is 1.62. The standard InChI is InChI=1S/C11H12O3/c1-14-8-4-2-7(3-5-8)9-6-10(9)11(12)13/h2-5,9-10H,6H2,1H3,(H,12,13)/t9?,10-/m0/s1. The van der Waals surface area contributed by atoms with Crippen LogP contribution >= 0.6 is 0 Å². The molecule has 0 amide bonds. The highest BCUT2D eigenvalue weighted by Gasteiger charge is 2.43. The van der Waals surface area contributed by atoms with Crippen LogP contribution in [0.3, 0.4) is 0 Å². The maximum atomic E-state index is 10.6. The van der Waals surface area contributed by atoms with E-state index in [-0.39, 0.29) is 11.8 Å². The van der Waals surface area contributed by atoms with Gasteiger partial charge in [0, 0.05) is 0 Å². The average Bonchev–Trinajstić information content (AvgIpc) is 2.97. The molecule has 2 atom stereocenters. The van der Waals surface area contributed by atoms with Gasteiger partial charge in [0.05, 0.1) is 13.0 Å². The highest BCUT2D eigenvalue weighted by molar-refractivity contribution is 5.75. The zero-order valence-electron chi connectivity index (χ0n) is 7.93. The van der Waals surface area contributed by atoms with Crippen LogP contribution in [-0.4, -0.2) is 18.2 Å². The summed E-state index contributed by atoms with van der Waals surface area (Å²) in [5.74, 6) is 0.147. The van der Waals surface area contributed by atoms with Crippen LogP contribution in [0.1, 0.15) is 17.9 Å². The molecule has 0 spiro atoms. The lowest BCUT2D eigenvalue weighted by molar-refractivity contribution is -0.138. The Hall–Kier alpha value is -1.51. The van der Waals surface area contributed by atoms with E-state index in [0.717, 1.165) is 17.7 Å². The minimum atomic E-state index is -0.689. The molecule has 0 aliphatic heterocycles. The number of carbonyl (C=O) groups is 1. The van der Waals surface area contributed by atoms with Gasteiger partial charge in [-0.15, -0.1) is 0 Å². The Balaban J connectivity index is 2.08. The SMILES string of the molecule is COc1ccc(C2C[C@@H]2C(=O)O)cc1. The first-order valence-corrected chi connectivity index (χ1v) is 4.59. The van der Waals surface area contributed by atoms with E-state index in [1.54, 1.807) is 7.11 Å². The summed E-state index contributed by atoms with van der Waals surface area (Å²) >= 11 is 0. The second kappa shape index (κ2) is 3.33. The minimum Gasteiger partial charge on any atom is -0.497 e. The van der Waals surface area contributed by atoms with Gasteiger partial charge in [-0.3, -0.25) is 4.79 Å². The van der Waals surface area contributed by atoms with E-state index in [1.807, 2.05) is 24.3 Å². The largest absolute Gasteiger partial charge is 0.497 e. The molecule has 1 aliphatic rings. The summed E-state index contributed by atoms with van der Waals surface area (Å²) in [6.45, 7) is 0. The van der Waals surface area contributed by atoms with Gasteiger partial charge in [0.25, 0.3) is 0 Å². The molecule has 1 N–H and O–H groups in total. The van der Waals surface area contributed by atoms with Crippen molar-refractivity contribution in [3.63, 3.8) is 0 Å². The normalized spacial score (nSPS) is 24.4. The summed E-state index contributed by atoms with van der Waals surface area (Å²) in [6, 6.07) is 7.61. The molecule has 1 aromatic carbocycles. The maximum Gasteiger partial charge on any atom is 0.307 e. The lowest BCUT2D eigenvalue weighted by atomic mass is 10.1. The summed E-state index contributed by atoms with van der Waals surface area (Å²) in [5.41, 5.74) is 1.10. The van der Waals surface area contributed by atoms with E-state index in [2.05, 4.69) is 0 Å². The quantitative estimate of drug-likeness (QED) is 0.795. The van der Waals surface area contributed by atoms with Gasteiger partial charge in [0.1, 0.15) is 5.75 Å². The molecule has 1 aliphatic carbocycles. The molecule has 1 unspecified atom stereocenters. The van der Waals surface area contributed by atoms with Crippen LogP contribution in [0, 0.1) is 5.92 Å². The first kappa shape index (κ1) is 9.06. The highest BCUT2D eigenvalue weighted by atomic mass is 16.5. The van der Waals surface area contributed by atoms with Crippen molar-refractivity contribution in [3.05, 3.63) is 29.8 Å². The van der Waals surface area contributed by atoms with Crippen molar-refractivity contribution in [2.24, 2.45) is 5.92 Å². The van der Waals surface area contributed by atoms with Crippen molar-refractivity contribution in [1.29, 1.82) is 0 Å². The number of methoxy groups -OCH3 is 1. The second-order valence-corrected chi connectivity index (χ2v) is 3.56. The molecule has 1 fully saturated rings. The fraction of sp³-hybridized carbons (Fsp3) is 0.364. The Bertz CT molecular complexity index is 342. The molecule has 3 nitrogen and oxygen atoms in total. The lowest BCUT2D eigenvalue weighted by Gasteiger charge is -2.01. The molecule has 0 aromatic heterocycles. The monoisotopic (exact) mass is 192 g/mol. The van der Waals surface area contributed by atoms with Gasteiger partial charge in [-0.1, -0.05) is 12.1 Å². The Morgan fingerprint density at radius 2 is 2.07 bits per heavy atom. The van der Waals surface area contributed by atoms with E-state index in [0.29, 0.717) is 0 Å². The van der Waals surface area contributed by atoms with Gasteiger partial charge in [0.15, 0.2) is 0 Å². The number of hydrogen-bond acceptors (Lipinski definition) is 2. The first-order chi connectivity index (χ1) is 6.72. The van der Waals surface area contributed by atoms with E-state index >= 15 is 0 Å². The molecular weight excluding hydrogens is 180 g/mol. The van der Waals surface area contributed by atoms with E-state index in [9.17, 15) is 4.79 Å². The van der Waals surface area contributed by atoms with Gasteiger partial charge in [-0.25, -0.2) is 0 Å². The molecule has 3 heteroatoms. The van der Waals surface area contributed by atoms with E-state index < -0.39 is 5.97 Å². The van der Waals surface area contributed by atoms with E-state index in [1.165, 1.54) is 0 Å². The number of hydrogen-bond donors (Lipinski definition) is 1. The number of rotatable bonds is 3. The summed E-state index contributed by atoms with van der Waals surface area (Å²) < 4.78 is 5.03.